The first-order valence-electron chi connectivity index (χ1n) is 11.4. The summed E-state index contributed by atoms with van der Waals surface area (Å²) in [6.45, 7) is 5.58. The second kappa shape index (κ2) is 12.6. The highest BCUT2D eigenvalue weighted by Crippen LogP contribution is 2.19. The summed E-state index contributed by atoms with van der Waals surface area (Å²) in [5.74, 6) is -0.0963. The van der Waals surface area contributed by atoms with Crippen LogP contribution in [-0.4, -0.2) is 34.8 Å². The largest absolute Gasteiger partial charge is 0.332 e. The van der Waals surface area contributed by atoms with Crippen LogP contribution in [0, 0.1) is 18.3 Å². The molecule has 0 radical (unpaired) electrons. The first kappa shape index (κ1) is 25.0. The lowest BCUT2D eigenvalue weighted by atomic mass is 10.2. The van der Waals surface area contributed by atoms with E-state index in [4.69, 9.17) is 5.26 Å². The molecule has 176 valence electrons. The summed E-state index contributed by atoms with van der Waals surface area (Å²) in [7, 11) is 0. The molecule has 3 aromatic rings. The molecule has 1 N–H and O–H groups in total. The number of amides is 3. The number of nitrogens with zero attached hydrogens (tertiary/aromatic N) is 3. The monoisotopic (exact) mass is 474 g/mol. The van der Waals surface area contributed by atoms with Crippen LogP contribution in [0.25, 0.3) is 0 Å². The van der Waals surface area contributed by atoms with Crippen molar-refractivity contribution >= 4 is 29.0 Å². The zero-order valence-electron chi connectivity index (χ0n) is 19.7. The highest BCUT2D eigenvalue weighted by molar-refractivity contribution is 7.11. The van der Waals surface area contributed by atoms with E-state index in [0.29, 0.717) is 30.9 Å². The first-order chi connectivity index (χ1) is 16.5. The molecule has 0 unspecified atom stereocenters. The summed E-state index contributed by atoms with van der Waals surface area (Å²) in [6, 6.07) is 22.4. The van der Waals surface area contributed by atoms with E-state index < -0.39 is 0 Å². The third kappa shape index (κ3) is 7.46. The molecule has 6 nitrogen and oxygen atoms in total. The molecule has 0 fully saturated rings. The van der Waals surface area contributed by atoms with E-state index in [1.54, 1.807) is 40.5 Å². The van der Waals surface area contributed by atoms with Crippen molar-refractivity contribution in [2.24, 2.45) is 0 Å². The summed E-state index contributed by atoms with van der Waals surface area (Å²) >= 11 is 1.68. The number of anilines is 1. The van der Waals surface area contributed by atoms with Crippen LogP contribution in [0.2, 0.25) is 0 Å². The van der Waals surface area contributed by atoms with Crippen LogP contribution in [0.15, 0.2) is 66.7 Å². The van der Waals surface area contributed by atoms with Gasteiger partial charge in [-0.1, -0.05) is 43.7 Å². The van der Waals surface area contributed by atoms with Crippen molar-refractivity contribution in [1.29, 1.82) is 5.26 Å². The molecule has 0 aliphatic carbocycles. The van der Waals surface area contributed by atoms with E-state index in [1.807, 2.05) is 35.2 Å². The number of urea groups is 1. The van der Waals surface area contributed by atoms with E-state index in [-0.39, 0.29) is 18.5 Å². The molecule has 0 spiro atoms. The maximum atomic E-state index is 13.4. The number of aryl methyl sites for hydroxylation is 1. The number of nitriles is 1. The van der Waals surface area contributed by atoms with E-state index in [2.05, 4.69) is 37.4 Å². The van der Waals surface area contributed by atoms with Gasteiger partial charge in [-0.25, -0.2) is 4.79 Å². The maximum absolute atomic E-state index is 13.4. The minimum absolute atomic E-state index is 0.000691. The molecular weight excluding hydrogens is 444 g/mol. The van der Waals surface area contributed by atoms with E-state index in [1.165, 1.54) is 4.88 Å². The number of thiophene rings is 1. The van der Waals surface area contributed by atoms with Crippen molar-refractivity contribution in [3.63, 3.8) is 0 Å². The second-order valence-electron chi connectivity index (χ2n) is 8.14. The lowest BCUT2D eigenvalue weighted by Crippen LogP contribution is -2.44. The number of benzene rings is 2. The van der Waals surface area contributed by atoms with Gasteiger partial charge in [-0.3, -0.25) is 4.79 Å². The third-order valence-corrected chi connectivity index (χ3v) is 6.36. The van der Waals surface area contributed by atoms with Crippen LogP contribution >= 0.6 is 11.3 Å². The van der Waals surface area contributed by atoms with Gasteiger partial charge < -0.3 is 15.1 Å². The topological polar surface area (TPSA) is 76.4 Å². The number of nitrogens with one attached hydrogen (secondary N) is 1. The van der Waals surface area contributed by atoms with Gasteiger partial charge in [0.15, 0.2) is 0 Å². The van der Waals surface area contributed by atoms with Crippen LogP contribution in [-0.2, 0) is 17.9 Å². The number of carbonyl (C=O) groups excluding carboxylic acids is 2. The number of carbonyl (C=O) groups is 2. The van der Waals surface area contributed by atoms with Crippen molar-refractivity contribution < 1.29 is 9.59 Å². The van der Waals surface area contributed by atoms with Crippen LogP contribution in [0.1, 0.15) is 40.6 Å². The van der Waals surface area contributed by atoms with Crippen molar-refractivity contribution in [2.45, 2.75) is 39.8 Å². The van der Waals surface area contributed by atoms with Crippen molar-refractivity contribution in [3.8, 4) is 6.07 Å². The van der Waals surface area contributed by atoms with E-state index >= 15 is 0 Å². The summed E-state index contributed by atoms with van der Waals surface area (Å²) in [4.78, 5) is 32.2. The molecule has 1 heterocycles. The Balaban J connectivity index is 1.74. The summed E-state index contributed by atoms with van der Waals surface area (Å²) in [5.41, 5.74) is 2.16. The summed E-state index contributed by atoms with van der Waals surface area (Å²) < 4.78 is 0. The molecule has 7 heteroatoms. The average Bonchev–Trinajstić information content (AvgIpc) is 3.26. The molecule has 0 saturated heterocycles. The number of rotatable bonds is 10. The molecule has 34 heavy (non-hydrogen) atoms. The molecule has 0 aliphatic heterocycles. The fourth-order valence-electron chi connectivity index (χ4n) is 3.49. The standard InChI is InChI=1S/C27H30N4O2S/c1-3-4-16-30(27(33)29-24-13-11-22(17-28)12-14-24)20-26(32)31(18-23-8-6-5-7-9-23)19-25-15-10-21(2)34-25/h5-15H,3-4,16,18-20H2,1-2H3,(H,29,33). The molecule has 0 saturated carbocycles. The Hall–Kier alpha value is -3.63. The Morgan fingerprint density at radius 3 is 2.32 bits per heavy atom. The molecule has 0 atom stereocenters. The Labute approximate surface area is 205 Å². The summed E-state index contributed by atoms with van der Waals surface area (Å²) in [6.07, 6.45) is 1.72. The molecule has 1 aromatic heterocycles. The van der Waals surface area contributed by atoms with E-state index in [0.717, 1.165) is 23.3 Å². The molecule has 3 rings (SSSR count). The first-order valence-corrected chi connectivity index (χ1v) is 12.2. The smallest absolute Gasteiger partial charge is 0.322 e. The summed E-state index contributed by atoms with van der Waals surface area (Å²) in [5, 5.41) is 11.8. The Morgan fingerprint density at radius 2 is 1.71 bits per heavy atom. The van der Waals surface area contributed by atoms with Gasteiger partial charge in [-0.2, -0.15) is 5.26 Å². The molecule has 0 bridgehead atoms. The van der Waals surface area contributed by atoms with Gasteiger partial charge in [0.2, 0.25) is 5.91 Å². The van der Waals surface area contributed by atoms with Gasteiger partial charge in [-0.15, -0.1) is 11.3 Å². The average molecular weight is 475 g/mol. The van der Waals surface area contributed by atoms with Gasteiger partial charge in [0.1, 0.15) is 6.54 Å². The van der Waals surface area contributed by atoms with Gasteiger partial charge in [-0.05, 0) is 55.3 Å². The van der Waals surface area contributed by atoms with Crippen LogP contribution in [0.3, 0.4) is 0 Å². The number of unbranched alkanes of at least 4 members (excludes halogenated alkanes) is 1. The fraction of sp³-hybridized carbons (Fsp3) is 0.296. The van der Waals surface area contributed by atoms with Gasteiger partial charge in [0.05, 0.1) is 18.2 Å². The molecular formula is C27H30N4O2S. The zero-order chi connectivity index (χ0) is 24.3. The maximum Gasteiger partial charge on any atom is 0.322 e. The van der Waals surface area contributed by atoms with Crippen LogP contribution in [0.4, 0.5) is 10.5 Å². The minimum atomic E-state index is -0.321. The van der Waals surface area contributed by atoms with Gasteiger partial charge in [0, 0.05) is 28.5 Å². The lowest BCUT2D eigenvalue weighted by Gasteiger charge is -2.28. The molecule has 2 aromatic carbocycles. The molecule has 0 aliphatic rings. The number of hydrogen-bond acceptors (Lipinski definition) is 4. The SMILES string of the molecule is CCCCN(CC(=O)N(Cc1ccccc1)Cc1ccc(C)s1)C(=O)Nc1ccc(C#N)cc1. The predicted molar refractivity (Wildman–Crippen MR) is 136 cm³/mol. The fourth-order valence-corrected chi connectivity index (χ4v) is 4.40. The van der Waals surface area contributed by atoms with Crippen molar-refractivity contribution in [2.75, 3.05) is 18.4 Å². The second-order valence-corrected chi connectivity index (χ2v) is 9.51. The van der Waals surface area contributed by atoms with Gasteiger partial charge >= 0.3 is 6.03 Å². The molecule has 3 amide bonds. The normalized spacial score (nSPS) is 10.4. The number of hydrogen-bond donors (Lipinski definition) is 1. The van der Waals surface area contributed by atoms with Gasteiger partial charge in [0.25, 0.3) is 0 Å². The third-order valence-electron chi connectivity index (χ3n) is 5.37. The highest BCUT2D eigenvalue weighted by atomic mass is 32.1. The Morgan fingerprint density at radius 1 is 0.971 bits per heavy atom. The quantitative estimate of drug-likeness (QED) is 0.404. The Kier molecular flexibility index (Phi) is 9.24. The van der Waals surface area contributed by atoms with Crippen molar-refractivity contribution in [3.05, 3.63) is 87.6 Å². The Bertz CT molecular complexity index is 1120. The minimum Gasteiger partial charge on any atom is -0.332 e. The predicted octanol–water partition coefficient (Wildman–Crippen LogP) is 5.79. The van der Waals surface area contributed by atoms with Crippen LogP contribution in [0.5, 0.6) is 0 Å². The highest BCUT2D eigenvalue weighted by Gasteiger charge is 2.22. The van der Waals surface area contributed by atoms with E-state index in [9.17, 15) is 9.59 Å². The van der Waals surface area contributed by atoms with Crippen LogP contribution < -0.4 is 5.32 Å². The van der Waals surface area contributed by atoms with Crippen molar-refractivity contribution in [1.82, 2.24) is 9.80 Å². The lowest BCUT2D eigenvalue weighted by molar-refractivity contribution is -0.133. The zero-order valence-corrected chi connectivity index (χ0v) is 20.5.